The van der Waals surface area contributed by atoms with Crippen molar-refractivity contribution in [2.24, 2.45) is 0 Å². The second-order valence-corrected chi connectivity index (χ2v) is 9.99. The molecule has 0 aliphatic carbocycles. The highest BCUT2D eigenvalue weighted by molar-refractivity contribution is 7.91. The van der Waals surface area contributed by atoms with Crippen LogP contribution in [-0.4, -0.2) is 49.2 Å². The predicted octanol–water partition coefficient (Wildman–Crippen LogP) is 2.24. The van der Waals surface area contributed by atoms with E-state index in [9.17, 15) is 13.2 Å². The standard InChI is InChI=1S/C19H18N4O6S2/c24-19(23-5-1-2-6-23)18-21-17(22-29-18)13-8-16(30-10-13)31(25,26)20-9-12-3-4-14-15(7-12)28-11-27-14/h3-4,7-8,10,20H,1-2,5-6,9,11H2. The van der Waals surface area contributed by atoms with E-state index in [1.165, 1.54) is 6.07 Å². The average molecular weight is 463 g/mol. The van der Waals surface area contributed by atoms with Crippen molar-refractivity contribution in [1.29, 1.82) is 0 Å². The molecule has 3 aromatic rings. The Labute approximate surface area is 181 Å². The van der Waals surface area contributed by atoms with Crippen molar-refractivity contribution in [3.8, 4) is 22.9 Å². The molecule has 2 aliphatic heterocycles. The quantitative estimate of drug-likeness (QED) is 0.592. The molecule has 0 atom stereocenters. The number of likely N-dealkylation sites (tertiary alicyclic amines) is 1. The van der Waals surface area contributed by atoms with Crippen LogP contribution >= 0.6 is 11.3 Å². The summed E-state index contributed by atoms with van der Waals surface area (Å²) >= 11 is 1.04. The minimum absolute atomic E-state index is 0.0894. The summed E-state index contributed by atoms with van der Waals surface area (Å²) in [6.45, 7) is 1.60. The molecular weight excluding hydrogens is 444 g/mol. The van der Waals surface area contributed by atoms with Crippen molar-refractivity contribution in [3.05, 3.63) is 41.1 Å². The number of benzene rings is 1. The van der Waals surface area contributed by atoms with Gasteiger partial charge in [0.2, 0.25) is 22.6 Å². The number of aromatic nitrogens is 2. The highest BCUT2D eigenvalue weighted by atomic mass is 32.2. The molecular formula is C19H18N4O6S2. The first-order chi connectivity index (χ1) is 15.0. The third-order valence-corrected chi connectivity index (χ3v) is 7.84. The Kier molecular flexibility index (Phi) is 5.12. The van der Waals surface area contributed by atoms with E-state index in [1.54, 1.807) is 28.5 Å². The van der Waals surface area contributed by atoms with Gasteiger partial charge in [0.1, 0.15) is 4.21 Å². The molecule has 0 spiro atoms. The Morgan fingerprint density at radius 2 is 1.97 bits per heavy atom. The highest BCUT2D eigenvalue weighted by Gasteiger charge is 2.26. The summed E-state index contributed by atoms with van der Waals surface area (Å²) in [7, 11) is -3.75. The van der Waals surface area contributed by atoms with E-state index in [0.717, 1.165) is 29.7 Å². The minimum atomic E-state index is -3.75. The van der Waals surface area contributed by atoms with Crippen LogP contribution in [0.4, 0.5) is 0 Å². The first kappa shape index (κ1) is 20.0. The van der Waals surface area contributed by atoms with Gasteiger partial charge in [-0.3, -0.25) is 4.79 Å². The van der Waals surface area contributed by atoms with E-state index in [-0.39, 0.29) is 35.2 Å². The predicted molar refractivity (Wildman–Crippen MR) is 109 cm³/mol. The number of hydrogen-bond acceptors (Lipinski definition) is 9. The lowest BCUT2D eigenvalue weighted by atomic mass is 10.2. The normalized spacial score (nSPS) is 15.5. The summed E-state index contributed by atoms with van der Waals surface area (Å²) in [5.74, 6) is 1.01. The second kappa shape index (κ2) is 7.94. The van der Waals surface area contributed by atoms with Crippen LogP contribution in [0.25, 0.3) is 11.4 Å². The van der Waals surface area contributed by atoms with Gasteiger partial charge in [-0.1, -0.05) is 11.2 Å². The summed E-state index contributed by atoms with van der Waals surface area (Å²) in [5.41, 5.74) is 1.21. The van der Waals surface area contributed by atoms with Crippen LogP contribution in [0.15, 0.2) is 38.4 Å². The Balaban J connectivity index is 1.28. The van der Waals surface area contributed by atoms with Crippen LogP contribution in [0.2, 0.25) is 0 Å². The van der Waals surface area contributed by atoms with Crippen LogP contribution in [0.1, 0.15) is 29.1 Å². The fraction of sp³-hybridized carbons (Fsp3) is 0.316. The van der Waals surface area contributed by atoms with E-state index in [4.69, 9.17) is 14.0 Å². The van der Waals surface area contributed by atoms with Crippen molar-refractivity contribution in [2.75, 3.05) is 19.9 Å². The van der Waals surface area contributed by atoms with Crippen LogP contribution in [-0.2, 0) is 16.6 Å². The van der Waals surface area contributed by atoms with E-state index >= 15 is 0 Å². The van der Waals surface area contributed by atoms with Crippen LogP contribution in [0.3, 0.4) is 0 Å². The zero-order valence-corrected chi connectivity index (χ0v) is 17.9. The third-order valence-electron chi connectivity index (χ3n) is 5.00. The molecule has 10 nitrogen and oxygen atoms in total. The van der Waals surface area contributed by atoms with E-state index in [2.05, 4.69) is 14.9 Å². The number of amides is 1. The van der Waals surface area contributed by atoms with Gasteiger partial charge < -0.3 is 18.9 Å². The Morgan fingerprint density at radius 3 is 2.81 bits per heavy atom. The van der Waals surface area contributed by atoms with Crippen molar-refractivity contribution in [3.63, 3.8) is 0 Å². The highest BCUT2D eigenvalue weighted by Crippen LogP contribution is 2.33. The Bertz CT molecular complexity index is 1230. The number of nitrogens with zero attached hydrogens (tertiary/aromatic N) is 3. The number of thiophene rings is 1. The van der Waals surface area contributed by atoms with Gasteiger partial charge in [0.25, 0.3) is 0 Å². The van der Waals surface area contributed by atoms with Crippen molar-refractivity contribution >= 4 is 27.3 Å². The zero-order chi connectivity index (χ0) is 21.4. The molecule has 12 heteroatoms. The van der Waals surface area contributed by atoms with E-state index in [0.29, 0.717) is 30.2 Å². The third kappa shape index (κ3) is 4.01. The SMILES string of the molecule is O=C(c1nc(-c2csc(S(=O)(=O)NCc3ccc4c(c3)OCO4)c2)no1)N1CCCC1. The maximum Gasteiger partial charge on any atom is 0.316 e. The van der Waals surface area contributed by atoms with Crippen LogP contribution in [0.5, 0.6) is 11.5 Å². The molecule has 0 radical (unpaired) electrons. The van der Waals surface area contributed by atoms with E-state index in [1.807, 2.05) is 0 Å². The number of nitrogens with one attached hydrogen (secondary N) is 1. The number of carbonyl (C=O) groups excluding carboxylic acids is 1. The first-order valence-corrected chi connectivity index (χ1v) is 12.0. The topological polar surface area (TPSA) is 124 Å². The summed E-state index contributed by atoms with van der Waals surface area (Å²) in [4.78, 5) is 18.2. The number of rotatable bonds is 6. The van der Waals surface area contributed by atoms with Crippen molar-refractivity contribution < 1.29 is 27.2 Å². The van der Waals surface area contributed by atoms with Gasteiger partial charge in [-0.2, -0.15) is 4.98 Å². The monoisotopic (exact) mass is 462 g/mol. The molecule has 162 valence electrons. The van der Waals surface area contributed by atoms with Gasteiger partial charge in [-0.15, -0.1) is 11.3 Å². The van der Waals surface area contributed by atoms with Crippen molar-refractivity contribution in [2.45, 2.75) is 23.6 Å². The number of hydrogen-bond donors (Lipinski definition) is 1. The molecule has 1 fully saturated rings. The fourth-order valence-corrected chi connectivity index (χ4v) is 5.58. The van der Waals surface area contributed by atoms with Gasteiger partial charge in [-0.25, -0.2) is 13.1 Å². The first-order valence-electron chi connectivity index (χ1n) is 9.60. The minimum Gasteiger partial charge on any atom is -0.454 e. The lowest BCUT2D eigenvalue weighted by Crippen LogP contribution is -2.27. The lowest BCUT2D eigenvalue weighted by molar-refractivity contribution is 0.0743. The molecule has 1 saturated heterocycles. The molecule has 0 bridgehead atoms. The number of ether oxygens (including phenoxy) is 2. The summed E-state index contributed by atoms with van der Waals surface area (Å²) in [6, 6.07) is 6.71. The van der Waals surface area contributed by atoms with Gasteiger partial charge in [0, 0.05) is 30.6 Å². The molecule has 2 aliphatic rings. The maximum absolute atomic E-state index is 12.7. The molecule has 1 aromatic carbocycles. The Hall–Kier alpha value is -2.96. The van der Waals surface area contributed by atoms with Crippen molar-refractivity contribution in [1.82, 2.24) is 19.8 Å². The van der Waals surface area contributed by atoms with Gasteiger partial charge in [0.15, 0.2) is 11.5 Å². The number of fused-ring (bicyclic) bond motifs is 1. The maximum atomic E-state index is 12.7. The van der Waals surface area contributed by atoms with E-state index < -0.39 is 10.0 Å². The smallest absolute Gasteiger partial charge is 0.316 e. The molecule has 31 heavy (non-hydrogen) atoms. The summed E-state index contributed by atoms with van der Waals surface area (Å²) in [5, 5.41) is 5.45. The molecule has 1 N–H and O–H groups in total. The molecule has 0 saturated carbocycles. The number of carbonyl (C=O) groups is 1. The van der Waals surface area contributed by atoms with Gasteiger partial charge >= 0.3 is 11.8 Å². The van der Waals surface area contributed by atoms with Crippen LogP contribution < -0.4 is 14.2 Å². The largest absolute Gasteiger partial charge is 0.454 e. The molecule has 2 aromatic heterocycles. The van der Waals surface area contributed by atoms with Gasteiger partial charge in [0.05, 0.1) is 0 Å². The lowest BCUT2D eigenvalue weighted by Gasteiger charge is -2.10. The average Bonchev–Trinajstić information content (AvgIpc) is 3.57. The second-order valence-electron chi connectivity index (χ2n) is 7.09. The Morgan fingerprint density at radius 1 is 1.16 bits per heavy atom. The van der Waals surface area contributed by atoms with Crippen LogP contribution in [0, 0.1) is 0 Å². The molecule has 1 amide bonds. The summed E-state index contributed by atoms with van der Waals surface area (Å²) < 4.78 is 43.7. The fourth-order valence-electron chi connectivity index (χ4n) is 3.36. The molecule has 4 heterocycles. The number of sulfonamides is 1. The summed E-state index contributed by atoms with van der Waals surface area (Å²) in [6.07, 6.45) is 1.91. The molecule has 5 rings (SSSR count). The zero-order valence-electron chi connectivity index (χ0n) is 16.2. The van der Waals surface area contributed by atoms with Gasteiger partial charge in [-0.05, 0) is 36.6 Å². The molecule has 0 unspecified atom stereocenters.